The van der Waals surface area contributed by atoms with Crippen molar-refractivity contribution in [3.05, 3.63) is 64.8 Å². The number of halogens is 1. The lowest BCUT2D eigenvalue weighted by Crippen LogP contribution is -3.07. The molecule has 2 aromatic carbocycles. The zero-order valence-electron chi connectivity index (χ0n) is 15.4. The number of quaternary nitrogens is 1. The number of pyridine rings is 1. The van der Waals surface area contributed by atoms with Crippen LogP contribution in [0.2, 0.25) is 5.15 Å². The molecule has 0 bridgehead atoms. The van der Waals surface area contributed by atoms with E-state index >= 15 is 0 Å². The van der Waals surface area contributed by atoms with Gasteiger partial charge in [0.1, 0.15) is 11.7 Å². The van der Waals surface area contributed by atoms with Crippen LogP contribution in [0, 0.1) is 0 Å². The Bertz CT molecular complexity index is 898. The van der Waals surface area contributed by atoms with Gasteiger partial charge in [-0.3, -0.25) is 0 Å². The molecule has 0 radical (unpaired) electrons. The minimum Gasteiger partial charge on any atom is -0.493 e. The molecular weight excluding hydrogens is 348 g/mol. The lowest BCUT2D eigenvalue weighted by Gasteiger charge is -2.16. The minimum atomic E-state index is 0.592. The molecule has 0 aliphatic heterocycles. The summed E-state index contributed by atoms with van der Waals surface area (Å²) in [7, 11) is 5.48. The van der Waals surface area contributed by atoms with Crippen LogP contribution in [0.25, 0.3) is 10.9 Å². The van der Waals surface area contributed by atoms with Crippen LogP contribution in [-0.2, 0) is 13.0 Å². The molecule has 0 fully saturated rings. The topological polar surface area (TPSA) is 35.8 Å². The number of ether oxygens (including phenoxy) is 2. The van der Waals surface area contributed by atoms with Gasteiger partial charge in [-0.05, 0) is 29.8 Å². The maximum Gasteiger partial charge on any atom is 0.160 e. The Balaban J connectivity index is 1.66. The van der Waals surface area contributed by atoms with Crippen LogP contribution < -0.4 is 14.4 Å². The van der Waals surface area contributed by atoms with Gasteiger partial charge in [-0.15, -0.1) is 0 Å². The molecule has 0 amide bonds. The molecule has 1 atom stereocenters. The number of fused-ring (bicyclic) bond motifs is 1. The number of para-hydroxylation sites is 1. The average molecular weight is 372 g/mol. The highest BCUT2D eigenvalue weighted by atomic mass is 35.5. The molecule has 0 saturated heterocycles. The monoisotopic (exact) mass is 371 g/mol. The zero-order valence-corrected chi connectivity index (χ0v) is 16.1. The van der Waals surface area contributed by atoms with Crippen LogP contribution in [0.1, 0.15) is 11.1 Å². The summed E-state index contributed by atoms with van der Waals surface area (Å²) in [6.45, 7) is 1.82. The van der Waals surface area contributed by atoms with Gasteiger partial charge in [-0.1, -0.05) is 35.9 Å². The van der Waals surface area contributed by atoms with Crippen molar-refractivity contribution in [1.82, 2.24) is 4.98 Å². The van der Waals surface area contributed by atoms with Crippen molar-refractivity contribution in [2.75, 3.05) is 27.8 Å². The maximum atomic E-state index is 6.38. The second kappa shape index (κ2) is 8.39. The maximum absolute atomic E-state index is 6.38. The van der Waals surface area contributed by atoms with E-state index in [1.165, 1.54) is 10.5 Å². The molecule has 0 aliphatic carbocycles. The third kappa shape index (κ3) is 4.26. The van der Waals surface area contributed by atoms with Crippen molar-refractivity contribution in [3.63, 3.8) is 0 Å². The molecule has 0 aliphatic rings. The van der Waals surface area contributed by atoms with Crippen LogP contribution in [0.4, 0.5) is 0 Å². The summed E-state index contributed by atoms with van der Waals surface area (Å²) in [6, 6.07) is 16.3. The Kier molecular flexibility index (Phi) is 5.96. The number of aromatic nitrogens is 1. The van der Waals surface area contributed by atoms with Crippen LogP contribution in [-0.4, -0.2) is 32.8 Å². The van der Waals surface area contributed by atoms with E-state index in [0.29, 0.717) is 5.15 Å². The number of benzene rings is 2. The second-order valence-electron chi connectivity index (χ2n) is 6.45. The summed E-state index contributed by atoms with van der Waals surface area (Å²) in [4.78, 5) is 5.88. The second-order valence-corrected chi connectivity index (χ2v) is 6.81. The van der Waals surface area contributed by atoms with Crippen molar-refractivity contribution >= 4 is 22.5 Å². The molecule has 3 aromatic rings. The normalized spacial score (nSPS) is 12.2. The Morgan fingerprint density at radius 2 is 1.77 bits per heavy atom. The number of rotatable bonds is 7. The van der Waals surface area contributed by atoms with Gasteiger partial charge < -0.3 is 14.4 Å². The first-order chi connectivity index (χ1) is 12.6. The largest absolute Gasteiger partial charge is 0.493 e. The van der Waals surface area contributed by atoms with Gasteiger partial charge in [-0.2, -0.15) is 0 Å². The summed E-state index contributed by atoms with van der Waals surface area (Å²) in [5.41, 5.74) is 3.24. The molecule has 1 unspecified atom stereocenters. The Labute approximate surface area is 159 Å². The number of likely N-dealkylation sites (N-methyl/N-ethyl adjacent to an activating group) is 1. The minimum absolute atomic E-state index is 0.592. The van der Waals surface area contributed by atoms with E-state index < -0.39 is 0 Å². The van der Waals surface area contributed by atoms with E-state index in [2.05, 4.69) is 30.2 Å². The van der Waals surface area contributed by atoms with Crippen LogP contribution in [0.5, 0.6) is 11.5 Å². The number of hydrogen-bond donors (Lipinski definition) is 1. The van der Waals surface area contributed by atoms with E-state index in [4.69, 9.17) is 21.1 Å². The van der Waals surface area contributed by atoms with Gasteiger partial charge in [0.2, 0.25) is 0 Å². The number of hydrogen-bond acceptors (Lipinski definition) is 3. The third-order valence-electron chi connectivity index (χ3n) is 4.53. The summed E-state index contributed by atoms with van der Waals surface area (Å²) >= 11 is 6.38. The molecule has 0 spiro atoms. The highest BCUT2D eigenvalue weighted by molar-refractivity contribution is 6.30. The predicted molar refractivity (Wildman–Crippen MR) is 105 cm³/mol. The van der Waals surface area contributed by atoms with E-state index in [1.54, 1.807) is 14.2 Å². The quantitative estimate of drug-likeness (QED) is 0.648. The summed E-state index contributed by atoms with van der Waals surface area (Å²) in [5, 5.41) is 1.72. The van der Waals surface area contributed by atoms with Crippen LogP contribution in [0.3, 0.4) is 0 Å². The lowest BCUT2D eigenvalue weighted by molar-refractivity contribution is -0.893. The van der Waals surface area contributed by atoms with Crippen LogP contribution >= 0.6 is 11.6 Å². The number of methoxy groups -OCH3 is 2. The van der Waals surface area contributed by atoms with Crippen molar-refractivity contribution < 1.29 is 14.4 Å². The molecule has 136 valence electrons. The molecule has 5 heteroatoms. The molecule has 4 nitrogen and oxygen atoms in total. The first kappa shape index (κ1) is 18.5. The van der Waals surface area contributed by atoms with Crippen molar-refractivity contribution in [1.29, 1.82) is 0 Å². The van der Waals surface area contributed by atoms with Crippen molar-refractivity contribution in [3.8, 4) is 11.5 Å². The van der Waals surface area contributed by atoms with Crippen molar-refractivity contribution in [2.24, 2.45) is 0 Å². The first-order valence-corrected chi connectivity index (χ1v) is 9.05. The smallest absolute Gasteiger partial charge is 0.160 e. The van der Waals surface area contributed by atoms with E-state index in [1.807, 2.05) is 30.3 Å². The predicted octanol–water partition coefficient (Wildman–Crippen LogP) is 3.16. The molecule has 1 N–H and O–H groups in total. The first-order valence-electron chi connectivity index (χ1n) is 8.67. The standard InChI is InChI=1S/C21H23ClN2O2/c1-24(11-10-15-8-9-19(25-2)20(12-15)26-3)14-17-13-16-6-4-5-7-18(16)23-21(17)22/h4-9,12-13H,10-11,14H2,1-3H3/p+1. The third-order valence-corrected chi connectivity index (χ3v) is 4.86. The zero-order chi connectivity index (χ0) is 18.5. The van der Waals surface area contributed by atoms with E-state index in [9.17, 15) is 0 Å². The number of nitrogens with zero attached hydrogens (tertiary/aromatic N) is 1. The fourth-order valence-corrected chi connectivity index (χ4v) is 3.28. The summed E-state index contributed by atoms with van der Waals surface area (Å²) in [5.74, 6) is 1.52. The van der Waals surface area contributed by atoms with Gasteiger partial charge >= 0.3 is 0 Å². The lowest BCUT2D eigenvalue weighted by atomic mass is 10.1. The highest BCUT2D eigenvalue weighted by Crippen LogP contribution is 2.27. The van der Waals surface area contributed by atoms with Gasteiger partial charge in [0.25, 0.3) is 0 Å². The summed E-state index contributed by atoms with van der Waals surface area (Å²) < 4.78 is 10.7. The molecule has 3 rings (SSSR count). The summed E-state index contributed by atoms with van der Waals surface area (Å²) in [6.07, 6.45) is 0.949. The highest BCUT2D eigenvalue weighted by Gasteiger charge is 2.11. The SMILES string of the molecule is COc1ccc(CC[NH+](C)Cc2cc3ccccc3nc2Cl)cc1OC. The molecule has 26 heavy (non-hydrogen) atoms. The number of nitrogens with one attached hydrogen (secondary N) is 1. The molecule has 1 heterocycles. The Hall–Kier alpha value is -2.30. The van der Waals surface area contributed by atoms with Crippen LogP contribution in [0.15, 0.2) is 48.5 Å². The average Bonchev–Trinajstić information content (AvgIpc) is 2.66. The van der Waals surface area contributed by atoms with Gasteiger partial charge in [-0.25, -0.2) is 4.98 Å². The molecule has 1 aromatic heterocycles. The van der Waals surface area contributed by atoms with Gasteiger partial charge in [0.15, 0.2) is 11.5 Å². The Morgan fingerprint density at radius 1 is 1.00 bits per heavy atom. The fraction of sp³-hybridized carbons (Fsp3) is 0.286. The Morgan fingerprint density at radius 3 is 2.54 bits per heavy atom. The van der Waals surface area contributed by atoms with Crippen molar-refractivity contribution in [2.45, 2.75) is 13.0 Å². The van der Waals surface area contributed by atoms with Gasteiger partial charge in [0.05, 0.1) is 33.3 Å². The fourth-order valence-electron chi connectivity index (χ4n) is 3.07. The van der Waals surface area contributed by atoms with Gasteiger partial charge in [0, 0.05) is 17.4 Å². The van der Waals surface area contributed by atoms with E-state index in [-0.39, 0.29) is 0 Å². The molecular formula is C21H24ClN2O2+. The molecule has 0 saturated carbocycles. The van der Waals surface area contributed by atoms with E-state index in [0.717, 1.165) is 47.5 Å².